The highest BCUT2D eigenvalue weighted by Gasteiger charge is 2.19. The van der Waals surface area contributed by atoms with Crippen molar-refractivity contribution < 1.29 is 4.79 Å². The number of fused-ring (bicyclic) bond motifs is 2. The van der Waals surface area contributed by atoms with Crippen molar-refractivity contribution in [2.45, 2.75) is 13.5 Å². The Morgan fingerprint density at radius 2 is 2.14 bits per heavy atom. The van der Waals surface area contributed by atoms with Gasteiger partial charge in [-0.2, -0.15) is 0 Å². The van der Waals surface area contributed by atoms with Gasteiger partial charge in [-0.1, -0.05) is 17.7 Å². The molecule has 0 unspecified atom stereocenters. The molecular formula is C16H12BrClN2O. The van der Waals surface area contributed by atoms with Crippen molar-refractivity contribution in [2.75, 3.05) is 4.90 Å². The number of anilines is 1. The molecule has 5 heteroatoms. The van der Waals surface area contributed by atoms with Gasteiger partial charge in [0.05, 0.1) is 17.9 Å². The van der Waals surface area contributed by atoms with Gasteiger partial charge in [0.1, 0.15) is 0 Å². The van der Waals surface area contributed by atoms with Crippen LogP contribution in [0.25, 0.3) is 12.2 Å². The van der Waals surface area contributed by atoms with Crippen LogP contribution in [0.4, 0.5) is 5.69 Å². The van der Waals surface area contributed by atoms with Crippen LogP contribution >= 0.6 is 27.5 Å². The summed E-state index contributed by atoms with van der Waals surface area (Å²) in [6, 6.07) is 7.52. The van der Waals surface area contributed by atoms with Gasteiger partial charge in [0.15, 0.2) is 0 Å². The number of carbonyl (C=O) groups is 1. The molecule has 0 spiro atoms. The Balaban J connectivity index is 2.21. The quantitative estimate of drug-likeness (QED) is 0.689. The summed E-state index contributed by atoms with van der Waals surface area (Å²) in [5.41, 5.74) is 3.62. The predicted molar refractivity (Wildman–Crippen MR) is 89.2 cm³/mol. The molecule has 0 saturated heterocycles. The lowest BCUT2D eigenvalue weighted by Crippen LogP contribution is -2.29. The summed E-state index contributed by atoms with van der Waals surface area (Å²) in [6.07, 6.45) is 5.65. The van der Waals surface area contributed by atoms with E-state index < -0.39 is 0 Å². The van der Waals surface area contributed by atoms with E-state index >= 15 is 0 Å². The summed E-state index contributed by atoms with van der Waals surface area (Å²) >= 11 is 9.49. The number of halogens is 2. The first-order chi connectivity index (χ1) is 10.0. The monoisotopic (exact) mass is 362 g/mol. The summed E-state index contributed by atoms with van der Waals surface area (Å²) < 4.78 is 0.898. The second-order valence-electron chi connectivity index (χ2n) is 4.84. The van der Waals surface area contributed by atoms with E-state index in [2.05, 4.69) is 20.9 Å². The van der Waals surface area contributed by atoms with Crippen LogP contribution in [0.1, 0.15) is 23.7 Å². The first-order valence-corrected chi connectivity index (χ1v) is 7.62. The van der Waals surface area contributed by atoms with Crippen LogP contribution in [-0.4, -0.2) is 10.9 Å². The fourth-order valence-electron chi connectivity index (χ4n) is 2.38. The molecule has 1 amide bonds. The largest absolute Gasteiger partial charge is 0.308 e. The fraction of sp³-hybridized carbons (Fsp3) is 0.125. The minimum Gasteiger partial charge on any atom is -0.308 e. The Morgan fingerprint density at radius 3 is 2.90 bits per heavy atom. The van der Waals surface area contributed by atoms with Gasteiger partial charge in [-0.25, -0.2) is 0 Å². The summed E-state index contributed by atoms with van der Waals surface area (Å²) in [7, 11) is 0. The van der Waals surface area contributed by atoms with E-state index in [4.69, 9.17) is 11.6 Å². The van der Waals surface area contributed by atoms with Crippen LogP contribution in [0, 0.1) is 0 Å². The van der Waals surface area contributed by atoms with Crippen LogP contribution < -0.4 is 4.90 Å². The molecule has 0 aliphatic carbocycles. The highest BCUT2D eigenvalue weighted by molar-refractivity contribution is 9.10. The molecule has 1 aliphatic rings. The average molecular weight is 364 g/mol. The van der Waals surface area contributed by atoms with E-state index in [9.17, 15) is 4.79 Å². The van der Waals surface area contributed by atoms with Gasteiger partial charge >= 0.3 is 0 Å². The number of hydrogen-bond donors (Lipinski definition) is 0. The molecular weight excluding hydrogens is 352 g/mol. The number of rotatable bonds is 0. The normalized spacial score (nSPS) is 14.7. The molecule has 3 nitrogen and oxygen atoms in total. The second kappa shape index (κ2) is 5.62. The lowest BCUT2D eigenvalue weighted by molar-refractivity contribution is -0.116. The number of carbonyl (C=O) groups excluding carboxylic acids is 1. The molecule has 2 aromatic rings. The Bertz CT molecular complexity index is 758. The predicted octanol–water partition coefficient (Wildman–Crippen LogP) is 4.53. The van der Waals surface area contributed by atoms with Crippen molar-refractivity contribution in [3.05, 3.63) is 56.8 Å². The number of pyridine rings is 1. The smallest absolute Gasteiger partial charge is 0.224 e. The number of benzene rings is 1. The average Bonchev–Trinajstić information content (AvgIpc) is 2.42. The zero-order valence-electron chi connectivity index (χ0n) is 11.3. The third-order valence-corrected chi connectivity index (χ3v) is 4.05. The second-order valence-corrected chi connectivity index (χ2v) is 6.19. The molecule has 1 aliphatic heterocycles. The van der Waals surface area contributed by atoms with E-state index in [1.807, 2.05) is 30.4 Å². The van der Waals surface area contributed by atoms with Crippen molar-refractivity contribution in [3.8, 4) is 0 Å². The molecule has 0 atom stereocenters. The molecule has 0 N–H and O–H groups in total. The Morgan fingerprint density at radius 1 is 1.33 bits per heavy atom. The van der Waals surface area contributed by atoms with Gasteiger partial charge < -0.3 is 4.90 Å². The molecule has 21 heavy (non-hydrogen) atoms. The summed E-state index contributed by atoms with van der Waals surface area (Å²) in [5, 5.41) is 0.645. The molecule has 106 valence electrons. The van der Waals surface area contributed by atoms with E-state index in [0.717, 1.165) is 27.0 Å². The fourth-order valence-corrected chi connectivity index (χ4v) is 2.94. The minimum absolute atomic E-state index is 0.0141. The van der Waals surface area contributed by atoms with Crippen molar-refractivity contribution in [1.82, 2.24) is 4.98 Å². The van der Waals surface area contributed by atoms with Crippen molar-refractivity contribution in [3.63, 3.8) is 0 Å². The highest BCUT2D eigenvalue weighted by atomic mass is 79.9. The third-order valence-electron chi connectivity index (χ3n) is 3.38. The van der Waals surface area contributed by atoms with Crippen LogP contribution in [0.3, 0.4) is 0 Å². The van der Waals surface area contributed by atoms with Gasteiger partial charge in [-0.15, -0.1) is 0 Å². The van der Waals surface area contributed by atoms with Gasteiger partial charge in [0.2, 0.25) is 5.91 Å². The maximum atomic E-state index is 12.0. The number of aromatic nitrogens is 1. The maximum absolute atomic E-state index is 12.0. The summed E-state index contributed by atoms with van der Waals surface area (Å²) in [6.45, 7) is 2.05. The summed E-state index contributed by atoms with van der Waals surface area (Å²) in [5.74, 6) is -0.0141. The molecule has 1 aromatic heterocycles. The standard InChI is InChI=1S/C16H12BrClN2O/c1-10(21)20-9-12-6-13(17)8-19-15(12)4-2-11-7-14(18)3-5-16(11)20/h2-8H,9H2,1H3/b4-2-. The Kier molecular flexibility index (Phi) is 3.83. The highest BCUT2D eigenvalue weighted by Crippen LogP contribution is 2.31. The van der Waals surface area contributed by atoms with Gasteiger partial charge in [-0.05, 0) is 57.4 Å². The van der Waals surface area contributed by atoms with Crippen LogP contribution in [0.5, 0.6) is 0 Å². The molecule has 0 fully saturated rings. The Labute approximate surface area is 136 Å². The van der Waals surface area contributed by atoms with Gasteiger partial charge in [0.25, 0.3) is 0 Å². The SMILES string of the molecule is CC(=O)N1Cc2cc(Br)cnc2/C=C\c2cc(Cl)ccc21. The molecule has 0 saturated carbocycles. The molecule has 1 aromatic carbocycles. The van der Waals surface area contributed by atoms with Crippen LogP contribution in [0.15, 0.2) is 34.9 Å². The van der Waals surface area contributed by atoms with Crippen molar-refractivity contribution >= 4 is 51.3 Å². The van der Waals surface area contributed by atoms with Gasteiger partial charge in [0, 0.05) is 22.6 Å². The molecule has 2 heterocycles. The van der Waals surface area contributed by atoms with E-state index in [0.29, 0.717) is 11.6 Å². The summed E-state index contributed by atoms with van der Waals surface area (Å²) in [4.78, 5) is 18.2. The van der Waals surface area contributed by atoms with E-state index in [1.54, 1.807) is 24.1 Å². The Hall–Kier alpha value is -1.65. The molecule has 0 bridgehead atoms. The first-order valence-electron chi connectivity index (χ1n) is 6.45. The van der Waals surface area contributed by atoms with Crippen molar-refractivity contribution in [2.24, 2.45) is 0 Å². The van der Waals surface area contributed by atoms with E-state index in [1.165, 1.54) is 0 Å². The zero-order valence-corrected chi connectivity index (χ0v) is 13.6. The number of hydrogen-bond acceptors (Lipinski definition) is 2. The maximum Gasteiger partial charge on any atom is 0.224 e. The van der Waals surface area contributed by atoms with Gasteiger partial charge in [-0.3, -0.25) is 9.78 Å². The lowest BCUT2D eigenvalue weighted by Gasteiger charge is -2.25. The molecule has 0 radical (unpaired) electrons. The number of amides is 1. The minimum atomic E-state index is -0.0141. The first kappa shape index (κ1) is 14.3. The topological polar surface area (TPSA) is 33.2 Å². The number of nitrogens with zero attached hydrogens (tertiary/aromatic N) is 2. The van der Waals surface area contributed by atoms with Crippen molar-refractivity contribution in [1.29, 1.82) is 0 Å². The lowest BCUT2D eigenvalue weighted by atomic mass is 10.0. The van der Waals surface area contributed by atoms with Crippen LogP contribution in [0.2, 0.25) is 5.02 Å². The van der Waals surface area contributed by atoms with E-state index in [-0.39, 0.29) is 5.91 Å². The molecule has 3 rings (SSSR count). The van der Waals surface area contributed by atoms with Crippen LogP contribution in [-0.2, 0) is 11.3 Å². The zero-order chi connectivity index (χ0) is 15.0. The third kappa shape index (κ3) is 2.87.